The van der Waals surface area contributed by atoms with Gasteiger partial charge in [-0.05, 0) is 30.4 Å². The summed E-state index contributed by atoms with van der Waals surface area (Å²) in [4.78, 5) is 4.01. The van der Waals surface area contributed by atoms with Gasteiger partial charge in [0.15, 0.2) is 0 Å². The molecule has 3 N–H and O–H groups in total. The Labute approximate surface area is 95.4 Å². The van der Waals surface area contributed by atoms with Crippen molar-refractivity contribution in [3.05, 3.63) is 24.0 Å². The fourth-order valence-corrected chi connectivity index (χ4v) is 2.04. The van der Waals surface area contributed by atoms with Crippen molar-refractivity contribution in [3.8, 4) is 0 Å². The van der Waals surface area contributed by atoms with E-state index < -0.39 is 6.10 Å². The molecule has 1 heterocycles. The molecular formula is C12H18N2O2. The van der Waals surface area contributed by atoms with Crippen molar-refractivity contribution < 1.29 is 9.84 Å². The number of aromatic nitrogens is 1. The van der Waals surface area contributed by atoms with Gasteiger partial charge in [-0.1, -0.05) is 0 Å². The summed E-state index contributed by atoms with van der Waals surface area (Å²) >= 11 is 0. The van der Waals surface area contributed by atoms with Crippen LogP contribution in [-0.4, -0.2) is 29.4 Å². The molecule has 1 fully saturated rings. The minimum Gasteiger partial charge on any atom is -0.398 e. The molecule has 1 aliphatic rings. The molecule has 0 spiro atoms. The Kier molecular flexibility index (Phi) is 3.41. The number of nitrogens with zero attached hydrogens (tertiary/aromatic N) is 1. The summed E-state index contributed by atoms with van der Waals surface area (Å²) in [6, 6.07) is 1.75. The highest BCUT2D eigenvalue weighted by atomic mass is 16.5. The highest BCUT2D eigenvalue weighted by Crippen LogP contribution is 2.36. The van der Waals surface area contributed by atoms with Crippen LogP contribution in [0.3, 0.4) is 0 Å². The minimum atomic E-state index is -0.496. The zero-order chi connectivity index (χ0) is 11.5. The van der Waals surface area contributed by atoms with Crippen LogP contribution < -0.4 is 5.73 Å². The molecule has 1 saturated carbocycles. The average molecular weight is 222 g/mol. The van der Waals surface area contributed by atoms with Gasteiger partial charge in [-0.2, -0.15) is 0 Å². The van der Waals surface area contributed by atoms with Gasteiger partial charge in [0.25, 0.3) is 0 Å². The Hall–Kier alpha value is -1.13. The van der Waals surface area contributed by atoms with Gasteiger partial charge in [-0.25, -0.2) is 0 Å². The SMILES string of the molecule is COC(C(O)Cc1cnccc1N)C1CC1. The van der Waals surface area contributed by atoms with Crippen LogP contribution in [0, 0.1) is 5.92 Å². The first-order valence-electron chi connectivity index (χ1n) is 5.61. The van der Waals surface area contributed by atoms with Gasteiger partial charge >= 0.3 is 0 Å². The van der Waals surface area contributed by atoms with E-state index in [-0.39, 0.29) is 6.10 Å². The zero-order valence-electron chi connectivity index (χ0n) is 9.47. The summed E-state index contributed by atoms with van der Waals surface area (Å²) in [6.07, 6.45) is 5.60. The average Bonchev–Trinajstić information content (AvgIpc) is 3.07. The Bertz CT molecular complexity index is 353. The summed E-state index contributed by atoms with van der Waals surface area (Å²) in [7, 11) is 1.65. The summed E-state index contributed by atoms with van der Waals surface area (Å²) in [5, 5.41) is 10.1. The van der Waals surface area contributed by atoms with E-state index in [1.165, 1.54) is 0 Å². The highest BCUT2D eigenvalue weighted by molar-refractivity contribution is 5.44. The zero-order valence-corrected chi connectivity index (χ0v) is 9.47. The molecular weight excluding hydrogens is 204 g/mol. The lowest BCUT2D eigenvalue weighted by Crippen LogP contribution is -2.32. The number of hydrogen-bond acceptors (Lipinski definition) is 4. The van der Waals surface area contributed by atoms with Crippen LogP contribution in [0.2, 0.25) is 0 Å². The molecule has 2 unspecified atom stereocenters. The number of pyridine rings is 1. The van der Waals surface area contributed by atoms with Crippen molar-refractivity contribution in [1.29, 1.82) is 0 Å². The molecule has 0 radical (unpaired) electrons. The van der Waals surface area contributed by atoms with E-state index >= 15 is 0 Å². The van der Waals surface area contributed by atoms with Gasteiger partial charge in [0.1, 0.15) is 0 Å². The van der Waals surface area contributed by atoms with Gasteiger partial charge < -0.3 is 15.6 Å². The highest BCUT2D eigenvalue weighted by Gasteiger charge is 2.36. The lowest BCUT2D eigenvalue weighted by Gasteiger charge is -2.21. The third kappa shape index (κ3) is 2.51. The third-order valence-electron chi connectivity index (χ3n) is 3.11. The standard InChI is InChI=1S/C12H18N2O2/c1-16-12(8-2-3-8)11(15)6-9-7-14-5-4-10(9)13/h4-5,7-8,11-12,15H,2-3,6H2,1H3,(H2,13,14). The first-order chi connectivity index (χ1) is 7.72. The number of aliphatic hydroxyl groups is 1. The Morgan fingerprint density at radius 1 is 1.62 bits per heavy atom. The van der Waals surface area contributed by atoms with Gasteiger partial charge in [-0.15, -0.1) is 0 Å². The summed E-state index contributed by atoms with van der Waals surface area (Å²) in [6.45, 7) is 0. The van der Waals surface area contributed by atoms with E-state index in [1.807, 2.05) is 0 Å². The molecule has 0 bridgehead atoms. The molecule has 0 aromatic carbocycles. The van der Waals surface area contributed by atoms with Gasteiger partial charge in [0, 0.05) is 31.6 Å². The predicted molar refractivity (Wildman–Crippen MR) is 61.9 cm³/mol. The van der Waals surface area contributed by atoms with E-state index in [2.05, 4.69) is 4.98 Å². The van der Waals surface area contributed by atoms with Crippen LogP contribution >= 0.6 is 0 Å². The van der Waals surface area contributed by atoms with Crippen LogP contribution in [0.15, 0.2) is 18.5 Å². The summed E-state index contributed by atoms with van der Waals surface area (Å²) in [5.41, 5.74) is 7.38. The molecule has 16 heavy (non-hydrogen) atoms. The first kappa shape index (κ1) is 11.4. The maximum atomic E-state index is 10.1. The van der Waals surface area contributed by atoms with Crippen LogP contribution in [0.5, 0.6) is 0 Å². The molecule has 2 rings (SSSR count). The van der Waals surface area contributed by atoms with Crippen molar-refractivity contribution in [2.24, 2.45) is 5.92 Å². The summed E-state index contributed by atoms with van der Waals surface area (Å²) < 4.78 is 5.34. The second-order valence-corrected chi connectivity index (χ2v) is 4.38. The quantitative estimate of drug-likeness (QED) is 0.779. The Balaban J connectivity index is 2.00. The van der Waals surface area contributed by atoms with Crippen molar-refractivity contribution in [1.82, 2.24) is 4.98 Å². The van der Waals surface area contributed by atoms with E-state index in [1.54, 1.807) is 25.6 Å². The number of nitrogens with two attached hydrogens (primary N) is 1. The largest absolute Gasteiger partial charge is 0.398 e. The van der Waals surface area contributed by atoms with Crippen molar-refractivity contribution in [2.75, 3.05) is 12.8 Å². The van der Waals surface area contributed by atoms with Crippen LogP contribution in [0.4, 0.5) is 5.69 Å². The minimum absolute atomic E-state index is 0.0698. The fraction of sp³-hybridized carbons (Fsp3) is 0.583. The normalized spacial score (nSPS) is 19.4. The lowest BCUT2D eigenvalue weighted by molar-refractivity contribution is -0.0237. The molecule has 0 amide bonds. The number of rotatable bonds is 5. The second kappa shape index (κ2) is 4.80. The van der Waals surface area contributed by atoms with E-state index in [0.29, 0.717) is 18.0 Å². The van der Waals surface area contributed by atoms with Crippen molar-refractivity contribution in [3.63, 3.8) is 0 Å². The monoisotopic (exact) mass is 222 g/mol. The van der Waals surface area contributed by atoms with Gasteiger partial charge in [0.2, 0.25) is 0 Å². The maximum absolute atomic E-state index is 10.1. The number of hydrogen-bond donors (Lipinski definition) is 2. The van der Waals surface area contributed by atoms with Crippen LogP contribution in [0.25, 0.3) is 0 Å². The van der Waals surface area contributed by atoms with Gasteiger partial charge in [-0.3, -0.25) is 4.98 Å². The number of nitrogen functional groups attached to an aromatic ring is 1. The number of anilines is 1. The smallest absolute Gasteiger partial charge is 0.0861 e. The molecule has 1 aliphatic carbocycles. The molecule has 0 saturated heterocycles. The molecule has 4 nitrogen and oxygen atoms in total. The summed E-state index contributed by atoms with van der Waals surface area (Å²) in [5.74, 6) is 0.512. The second-order valence-electron chi connectivity index (χ2n) is 4.38. The molecule has 1 aromatic heterocycles. The Morgan fingerprint density at radius 3 is 2.94 bits per heavy atom. The molecule has 1 aromatic rings. The first-order valence-corrected chi connectivity index (χ1v) is 5.61. The molecule has 2 atom stereocenters. The predicted octanol–water partition coefficient (Wildman–Crippen LogP) is 0.992. The Morgan fingerprint density at radius 2 is 2.38 bits per heavy atom. The van der Waals surface area contributed by atoms with E-state index in [4.69, 9.17) is 10.5 Å². The lowest BCUT2D eigenvalue weighted by atomic mass is 10.0. The fourth-order valence-electron chi connectivity index (χ4n) is 2.04. The topological polar surface area (TPSA) is 68.4 Å². The van der Waals surface area contributed by atoms with Crippen LogP contribution in [0.1, 0.15) is 18.4 Å². The van der Waals surface area contributed by atoms with Gasteiger partial charge in [0.05, 0.1) is 12.2 Å². The third-order valence-corrected chi connectivity index (χ3v) is 3.11. The molecule has 4 heteroatoms. The van der Waals surface area contributed by atoms with E-state index in [0.717, 1.165) is 18.4 Å². The van der Waals surface area contributed by atoms with E-state index in [9.17, 15) is 5.11 Å². The molecule has 0 aliphatic heterocycles. The maximum Gasteiger partial charge on any atom is 0.0861 e. The number of aliphatic hydroxyl groups excluding tert-OH is 1. The number of methoxy groups -OCH3 is 1. The number of ether oxygens (including phenoxy) is 1. The van der Waals surface area contributed by atoms with Crippen molar-refractivity contribution in [2.45, 2.75) is 31.5 Å². The molecule has 88 valence electrons. The van der Waals surface area contributed by atoms with Crippen LogP contribution in [-0.2, 0) is 11.2 Å². The van der Waals surface area contributed by atoms with Crippen molar-refractivity contribution >= 4 is 5.69 Å².